The number of hydrogen-bond acceptors (Lipinski definition) is 6. The first-order valence-electron chi connectivity index (χ1n) is 11.8. The Bertz CT molecular complexity index is 1260. The van der Waals surface area contributed by atoms with Gasteiger partial charge in [-0.3, -0.25) is 9.59 Å². The topological polar surface area (TPSA) is 132 Å². The molecule has 1 aliphatic rings. The molecule has 3 aromatic carbocycles. The number of benzene rings is 3. The average molecular weight is 522 g/mol. The predicted molar refractivity (Wildman–Crippen MR) is 141 cm³/mol. The Hall–Kier alpha value is -4.06. The largest absolute Gasteiger partial charge is 0.481 e. The van der Waals surface area contributed by atoms with Gasteiger partial charge in [-0.25, -0.2) is 0 Å². The zero-order chi connectivity index (χ0) is 26.6. The number of carbonyl (C=O) groups is 2. The molecule has 0 aliphatic carbocycles. The van der Waals surface area contributed by atoms with E-state index in [0.717, 1.165) is 48.0 Å². The van der Waals surface area contributed by atoms with Crippen LogP contribution < -0.4 is 15.4 Å². The van der Waals surface area contributed by atoms with Crippen LogP contribution in [-0.2, 0) is 29.0 Å². The number of carboxylic acids is 2. The molecule has 0 spiro atoms. The maximum absolute atomic E-state index is 9.64. The molecule has 9 heteroatoms. The average Bonchev–Trinajstić information content (AvgIpc) is 3.14. The molecule has 0 aromatic heterocycles. The van der Waals surface area contributed by atoms with Crippen molar-refractivity contribution in [3.05, 3.63) is 87.9 Å². The van der Waals surface area contributed by atoms with Crippen molar-refractivity contribution >= 4 is 29.2 Å². The summed E-state index contributed by atoms with van der Waals surface area (Å²) in [5, 5.41) is 32.5. The van der Waals surface area contributed by atoms with Crippen LogP contribution >= 0.6 is 11.6 Å². The Balaban J connectivity index is 0.000000414. The van der Waals surface area contributed by atoms with Crippen LogP contribution in [0.3, 0.4) is 0 Å². The predicted octanol–water partition coefficient (Wildman–Crippen LogP) is 5.24. The molecule has 37 heavy (non-hydrogen) atoms. The van der Waals surface area contributed by atoms with E-state index in [1.807, 2.05) is 42.5 Å². The van der Waals surface area contributed by atoms with E-state index in [1.165, 1.54) is 11.1 Å². The van der Waals surface area contributed by atoms with Crippen LogP contribution in [0.4, 0.5) is 5.69 Å². The Morgan fingerprint density at radius 2 is 1.68 bits per heavy atom. The first-order valence-corrected chi connectivity index (χ1v) is 12.2. The lowest BCUT2D eigenvalue weighted by atomic mass is 10.0. The van der Waals surface area contributed by atoms with E-state index in [0.29, 0.717) is 17.9 Å². The van der Waals surface area contributed by atoms with E-state index in [9.17, 15) is 9.59 Å². The lowest BCUT2D eigenvalue weighted by molar-refractivity contribution is -0.143. The molecule has 1 aliphatic heterocycles. The Morgan fingerprint density at radius 3 is 2.35 bits per heavy atom. The number of carboxylic acid groups (broad SMARTS) is 2. The van der Waals surface area contributed by atoms with Crippen LogP contribution in [0.25, 0.3) is 0 Å². The molecule has 0 amide bonds. The minimum Gasteiger partial charge on any atom is -0.481 e. The summed E-state index contributed by atoms with van der Waals surface area (Å²) in [6.07, 6.45) is 1.41. The summed E-state index contributed by atoms with van der Waals surface area (Å²) in [6, 6.07) is 21.3. The molecule has 1 heterocycles. The van der Waals surface area contributed by atoms with Gasteiger partial charge >= 0.3 is 11.9 Å². The van der Waals surface area contributed by atoms with Gasteiger partial charge in [-0.15, -0.1) is 0 Å². The first-order chi connectivity index (χ1) is 17.9. The molecule has 0 saturated heterocycles. The summed E-state index contributed by atoms with van der Waals surface area (Å²) in [5.74, 6) is -0.761. The lowest BCUT2D eigenvalue weighted by Crippen LogP contribution is -2.16. The molecule has 0 radical (unpaired) electrons. The number of ether oxygens (including phenoxy) is 1. The van der Waals surface area contributed by atoms with Crippen LogP contribution in [0, 0.1) is 11.3 Å². The van der Waals surface area contributed by atoms with Gasteiger partial charge in [0, 0.05) is 6.54 Å². The SMILES string of the molecule is N#Cc1cccc(Oc2ccc(CNc3c(Cl)ccc4c3CCNCC4)cc2)c1.O=C(O)CCC(=O)O. The van der Waals surface area contributed by atoms with Gasteiger partial charge in [-0.2, -0.15) is 5.26 Å². The minimum atomic E-state index is -1.08. The van der Waals surface area contributed by atoms with Gasteiger partial charge in [-0.1, -0.05) is 35.9 Å². The zero-order valence-corrected chi connectivity index (χ0v) is 20.9. The van der Waals surface area contributed by atoms with Gasteiger partial charge in [0.15, 0.2) is 0 Å². The van der Waals surface area contributed by atoms with Crippen molar-refractivity contribution in [3.8, 4) is 17.6 Å². The van der Waals surface area contributed by atoms with Gasteiger partial charge in [0.2, 0.25) is 0 Å². The third-order valence-corrected chi connectivity index (χ3v) is 5.94. The summed E-state index contributed by atoms with van der Waals surface area (Å²) in [6.45, 7) is 2.67. The highest BCUT2D eigenvalue weighted by molar-refractivity contribution is 6.33. The molecule has 0 saturated carbocycles. The van der Waals surface area contributed by atoms with Crippen molar-refractivity contribution in [2.45, 2.75) is 32.2 Å². The molecule has 0 fully saturated rings. The third-order valence-electron chi connectivity index (χ3n) is 5.63. The second-order valence-corrected chi connectivity index (χ2v) is 8.74. The van der Waals surface area contributed by atoms with E-state index >= 15 is 0 Å². The number of nitrogens with zero attached hydrogens (tertiary/aromatic N) is 1. The van der Waals surface area contributed by atoms with Gasteiger partial charge in [-0.05, 0) is 79.0 Å². The Morgan fingerprint density at radius 1 is 0.973 bits per heavy atom. The van der Waals surface area contributed by atoms with Crippen molar-refractivity contribution in [3.63, 3.8) is 0 Å². The van der Waals surface area contributed by atoms with Crippen LogP contribution in [0.5, 0.6) is 11.5 Å². The second-order valence-electron chi connectivity index (χ2n) is 8.34. The smallest absolute Gasteiger partial charge is 0.303 e. The maximum atomic E-state index is 9.64. The number of aliphatic carboxylic acids is 2. The van der Waals surface area contributed by atoms with Crippen LogP contribution in [0.15, 0.2) is 60.7 Å². The second kappa shape index (κ2) is 13.9. The molecule has 4 rings (SSSR count). The van der Waals surface area contributed by atoms with Crippen molar-refractivity contribution < 1.29 is 24.5 Å². The first kappa shape index (κ1) is 27.5. The summed E-state index contributed by atoms with van der Waals surface area (Å²) < 4.78 is 5.85. The highest BCUT2D eigenvalue weighted by atomic mass is 35.5. The number of nitrogens with one attached hydrogen (secondary N) is 2. The van der Waals surface area contributed by atoms with Gasteiger partial charge in [0.25, 0.3) is 0 Å². The van der Waals surface area contributed by atoms with E-state index in [-0.39, 0.29) is 12.8 Å². The minimum absolute atomic E-state index is 0.296. The summed E-state index contributed by atoms with van der Waals surface area (Å²) in [5.41, 5.74) is 5.45. The molecule has 0 bridgehead atoms. The molecule has 192 valence electrons. The Kier molecular flexibility index (Phi) is 10.3. The monoisotopic (exact) mass is 521 g/mol. The quantitative estimate of drug-likeness (QED) is 0.316. The molecule has 3 aromatic rings. The van der Waals surface area contributed by atoms with Gasteiger partial charge < -0.3 is 25.6 Å². The molecule has 8 nitrogen and oxygen atoms in total. The van der Waals surface area contributed by atoms with Crippen LogP contribution in [0.2, 0.25) is 5.02 Å². The summed E-state index contributed by atoms with van der Waals surface area (Å²) in [7, 11) is 0. The van der Waals surface area contributed by atoms with Crippen LogP contribution in [-0.4, -0.2) is 35.2 Å². The van der Waals surface area contributed by atoms with Crippen molar-refractivity contribution in [2.75, 3.05) is 18.4 Å². The summed E-state index contributed by atoms with van der Waals surface area (Å²) in [4.78, 5) is 19.3. The highest BCUT2D eigenvalue weighted by Gasteiger charge is 2.14. The normalized spacial score (nSPS) is 12.1. The van der Waals surface area contributed by atoms with Crippen molar-refractivity contribution in [1.82, 2.24) is 5.32 Å². The van der Waals surface area contributed by atoms with E-state index in [2.05, 4.69) is 22.8 Å². The van der Waals surface area contributed by atoms with Crippen LogP contribution in [0.1, 0.15) is 35.1 Å². The van der Waals surface area contributed by atoms with Gasteiger partial charge in [0.05, 0.1) is 35.2 Å². The highest BCUT2D eigenvalue weighted by Crippen LogP contribution is 2.31. The number of halogens is 1. The van der Waals surface area contributed by atoms with Crippen molar-refractivity contribution in [2.24, 2.45) is 0 Å². The molecular weight excluding hydrogens is 494 g/mol. The van der Waals surface area contributed by atoms with E-state index in [1.54, 1.807) is 12.1 Å². The fourth-order valence-corrected chi connectivity index (χ4v) is 4.02. The standard InChI is InChI=1S/C24H22ClN3O.C4H6O4/c25-23-9-6-19-10-12-27-13-11-22(19)24(23)28-16-17-4-7-20(8-5-17)29-21-3-1-2-18(14-21)15-26;5-3(6)1-2-4(7)8/h1-9,14,27-28H,10-13,16H2;1-2H2,(H,5,6)(H,7,8). The molecular formula is C28H28ClN3O5. The fraction of sp³-hybridized carbons (Fsp3) is 0.250. The number of rotatable bonds is 8. The summed E-state index contributed by atoms with van der Waals surface area (Å²) >= 11 is 6.50. The fourth-order valence-electron chi connectivity index (χ4n) is 3.78. The third kappa shape index (κ3) is 8.83. The Labute approximate surface area is 220 Å². The number of anilines is 1. The zero-order valence-electron chi connectivity index (χ0n) is 20.2. The molecule has 0 atom stereocenters. The van der Waals surface area contributed by atoms with E-state index < -0.39 is 11.9 Å². The van der Waals surface area contributed by atoms with Gasteiger partial charge in [0.1, 0.15) is 11.5 Å². The van der Waals surface area contributed by atoms with E-state index in [4.69, 9.17) is 31.8 Å². The lowest BCUT2D eigenvalue weighted by Gasteiger charge is -2.16. The number of nitriles is 1. The number of hydrogen-bond donors (Lipinski definition) is 4. The van der Waals surface area contributed by atoms with Crippen molar-refractivity contribution in [1.29, 1.82) is 5.26 Å². The maximum Gasteiger partial charge on any atom is 0.303 e. The number of fused-ring (bicyclic) bond motifs is 1. The molecule has 0 unspecified atom stereocenters. The molecule has 4 N–H and O–H groups in total.